The first kappa shape index (κ1) is 14.8. The van der Waals surface area contributed by atoms with E-state index in [0.717, 1.165) is 6.42 Å². The lowest BCUT2D eigenvalue weighted by molar-refractivity contribution is -0.133. The van der Waals surface area contributed by atoms with Gasteiger partial charge in [-0.1, -0.05) is 6.92 Å². The van der Waals surface area contributed by atoms with Crippen LogP contribution in [0.15, 0.2) is 27.6 Å². The van der Waals surface area contributed by atoms with Gasteiger partial charge in [-0.15, -0.1) is 0 Å². The number of nitrogens with one attached hydrogen (secondary N) is 1. The Morgan fingerprint density at radius 1 is 1.33 bits per heavy atom. The standard InChI is InChI=1S/C16H20N2OS2/c1-4-16(3)15(19)18(7-13-10-21-8-11(13)2)14(17-16)12-5-6-20-9-12/h5-6,8-10,14,17H,4,7H2,1-3H3. The van der Waals surface area contributed by atoms with E-state index >= 15 is 0 Å². The van der Waals surface area contributed by atoms with Crippen LogP contribution in [-0.4, -0.2) is 16.3 Å². The van der Waals surface area contributed by atoms with Crippen LogP contribution in [-0.2, 0) is 11.3 Å². The Balaban J connectivity index is 1.94. The van der Waals surface area contributed by atoms with E-state index in [4.69, 9.17) is 0 Å². The minimum Gasteiger partial charge on any atom is -0.317 e. The van der Waals surface area contributed by atoms with Gasteiger partial charge in [0.1, 0.15) is 6.17 Å². The second-order valence-electron chi connectivity index (χ2n) is 5.80. The summed E-state index contributed by atoms with van der Waals surface area (Å²) in [6.07, 6.45) is 0.777. The Hall–Kier alpha value is -1.17. The molecule has 1 aliphatic heterocycles. The van der Waals surface area contributed by atoms with E-state index < -0.39 is 5.54 Å². The highest BCUT2D eigenvalue weighted by molar-refractivity contribution is 7.08. The fourth-order valence-corrected chi connectivity index (χ4v) is 4.25. The molecule has 1 saturated heterocycles. The van der Waals surface area contributed by atoms with Crippen LogP contribution in [0, 0.1) is 6.92 Å². The summed E-state index contributed by atoms with van der Waals surface area (Å²) >= 11 is 3.37. The minimum absolute atomic E-state index is 0.0204. The van der Waals surface area contributed by atoms with Crippen LogP contribution in [0.4, 0.5) is 0 Å². The van der Waals surface area contributed by atoms with E-state index in [1.54, 1.807) is 22.7 Å². The van der Waals surface area contributed by atoms with Gasteiger partial charge in [-0.25, -0.2) is 0 Å². The Kier molecular flexibility index (Phi) is 3.90. The second-order valence-corrected chi connectivity index (χ2v) is 7.33. The van der Waals surface area contributed by atoms with Gasteiger partial charge in [-0.3, -0.25) is 10.1 Å². The molecule has 2 aromatic rings. The van der Waals surface area contributed by atoms with E-state index in [9.17, 15) is 4.79 Å². The lowest BCUT2D eigenvalue weighted by atomic mass is 9.99. The van der Waals surface area contributed by atoms with Gasteiger partial charge in [0.05, 0.1) is 5.54 Å². The van der Waals surface area contributed by atoms with Gasteiger partial charge in [0.15, 0.2) is 0 Å². The molecule has 1 amide bonds. The van der Waals surface area contributed by atoms with Crippen molar-refractivity contribution in [1.29, 1.82) is 0 Å². The molecule has 3 heterocycles. The van der Waals surface area contributed by atoms with Crippen molar-refractivity contribution >= 4 is 28.6 Å². The molecule has 2 unspecified atom stereocenters. The third-order valence-electron chi connectivity index (χ3n) is 4.37. The van der Waals surface area contributed by atoms with Crippen LogP contribution in [0.25, 0.3) is 0 Å². The molecule has 21 heavy (non-hydrogen) atoms. The summed E-state index contributed by atoms with van der Waals surface area (Å²) in [5.74, 6) is 0.201. The number of nitrogens with zero attached hydrogens (tertiary/aromatic N) is 1. The lowest BCUT2D eigenvalue weighted by Gasteiger charge is -2.23. The topological polar surface area (TPSA) is 32.3 Å². The van der Waals surface area contributed by atoms with Crippen molar-refractivity contribution in [2.24, 2.45) is 0 Å². The summed E-state index contributed by atoms with van der Waals surface area (Å²) in [6.45, 7) is 6.86. The Morgan fingerprint density at radius 2 is 2.14 bits per heavy atom. The predicted octanol–water partition coefficient (Wildman–Crippen LogP) is 3.92. The van der Waals surface area contributed by atoms with Gasteiger partial charge in [-0.2, -0.15) is 22.7 Å². The number of carbonyl (C=O) groups excluding carboxylic acids is 1. The van der Waals surface area contributed by atoms with Gasteiger partial charge in [0.25, 0.3) is 0 Å². The summed E-state index contributed by atoms with van der Waals surface area (Å²) < 4.78 is 0. The lowest BCUT2D eigenvalue weighted by Crippen LogP contribution is -2.42. The van der Waals surface area contributed by atoms with Crippen molar-refractivity contribution < 1.29 is 4.79 Å². The molecule has 0 radical (unpaired) electrons. The summed E-state index contributed by atoms with van der Waals surface area (Å²) in [7, 11) is 0. The van der Waals surface area contributed by atoms with E-state index in [1.807, 2.05) is 11.8 Å². The third-order valence-corrected chi connectivity index (χ3v) is 5.98. The first-order chi connectivity index (χ1) is 10.0. The zero-order valence-corrected chi connectivity index (χ0v) is 14.2. The Bertz CT molecular complexity index is 635. The average molecular weight is 320 g/mol. The van der Waals surface area contributed by atoms with E-state index in [-0.39, 0.29) is 12.1 Å². The molecule has 0 aromatic carbocycles. The summed E-state index contributed by atoms with van der Waals surface area (Å²) in [5, 5.41) is 12.0. The highest BCUT2D eigenvalue weighted by Crippen LogP contribution is 2.35. The molecular weight excluding hydrogens is 300 g/mol. The highest BCUT2D eigenvalue weighted by Gasteiger charge is 2.47. The summed E-state index contributed by atoms with van der Waals surface area (Å²) in [5.41, 5.74) is 3.23. The van der Waals surface area contributed by atoms with Crippen molar-refractivity contribution in [1.82, 2.24) is 10.2 Å². The van der Waals surface area contributed by atoms with Crippen LogP contribution in [0.1, 0.15) is 43.1 Å². The normalized spacial score (nSPS) is 25.8. The zero-order chi connectivity index (χ0) is 15.0. The van der Waals surface area contributed by atoms with E-state index in [1.165, 1.54) is 16.7 Å². The van der Waals surface area contributed by atoms with Gasteiger partial charge < -0.3 is 4.90 Å². The Morgan fingerprint density at radius 3 is 2.71 bits per heavy atom. The van der Waals surface area contributed by atoms with Crippen molar-refractivity contribution in [2.45, 2.75) is 45.4 Å². The molecule has 1 N–H and O–H groups in total. The monoisotopic (exact) mass is 320 g/mol. The maximum absolute atomic E-state index is 12.9. The van der Waals surface area contributed by atoms with E-state index in [2.05, 4.69) is 46.8 Å². The third kappa shape index (κ3) is 2.54. The number of hydrogen-bond donors (Lipinski definition) is 1. The van der Waals surface area contributed by atoms with Gasteiger partial charge in [0, 0.05) is 6.54 Å². The molecule has 0 spiro atoms. The Labute approximate surface area is 133 Å². The molecule has 1 aliphatic rings. The van der Waals surface area contributed by atoms with Gasteiger partial charge in [0.2, 0.25) is 5.91 Å². The number of rotatable bonds is 4. The molecule has 3 nitrogen and oxygen atoms in total. The molecule has 5 heteroatoms. The van der Waals surface area contributed by atoms with Crippen LogP contribution in [0.3, 0.4) is 0 Å². The number of carbonyl (C=O) groups is 1. The summed E-state index contributed by atoms with van der Waals surface area (Å²) in [4.78, 5) is 14.9. The SMILES string of the molecule is CCC1(C)NC(c2ccsc2)N(Cc2cscc2C)C1=O. The fraction of sp³-hybridized carbons (Fsp3) is 0.438. The van der Waals surface area contributed by atoms with Crippen molar-refractivity contribution in [2.75, 3.05) is 0 Å². The maximum atomic E-state index is 12.9. The van der Waals surface area contributed by atoms with Gasteiger partial charge >= 0.3 is 0 Å². The highest BCUT2D eigenvalue weighted by atomic mass is 32.1. The van der Waals surface area contributed by atoms with Crippen LogP contribution < -0.4 is 5.32 Å². The maximum Gasteiger partial charge on any atom is 0.244 e. The number of amides is 1. The van der Waals surface area contributed by atoms with Crippen molar-refractivity contribution in [3.05, 3.63) is 44.3 Å². The van der Waals surface area contributed by atoms with Crippen LogP contribution >= 0.6 is 22.7 Å². The molecule has 2 atom stereocenters. The molecule has 0 bridgehead atoms. The number of hydrogen-bond acceptors (Lipinski definition) is 4. The number of aryl methyl sites for hydroxylation is 1. The fourth-order valence-electron chi connectivity index (χ4n) is 2.72. The van der Waals surface area contributed by atoms with E-state index in [0.29, 0.717) is 6.54 Å². The number of thiophene rings is 2. The summed E-state index contributed by atoms with van der Waals surface area (Å²) in [6, 6.07) is 2.10. The van der Waals surface area contributed by atoms with Gasteiger partial charge in [-0.05, 0) is 64.5 Å². The molecule has 2 aromatic heterocycles. The predicted molar refractivity (Wildman–Crippen MR) is 88.5 cm³/mol. The average Bonchev–Trinajstić information content (AvgIpc) is 3.17. The quantitative estimate of drug-likeness (QED) is 0.926. The minimum atomic E-state index is -0.462. The molecule has 112 valence electrons. The first-order valence-corrected chi connectivity index (χ1v) is 9.06. The van der Waals surface area contributed by atoms with Crippen LogP contribution in [0.5, 0.6) is 0 Å². The molecule has 3 rings (SSSR count). The first-order valence-electron chi connectivity index (χ1n) is 7.17. The molecular formula is C16H20N2OS2. The van der Waals surface area contributed by atoms with Crippen LogP contribution in [0.2, 0.25) is 0 Å². The smallest absolute Gasteiger partial charge is 0.244 e. The van der Waals surface area contributed by atoms with Crippen molar-refractivity contribution in [3.8, 4) is 0 Å². The second kappa shape index (κ2) is 5.55. The van der Waals surface area contributed by atoms with Crippen molar-refractivity contribution in [3.63, 3.8) is 0 Å². The molecule has 0 aliphatic carbocycles. The largest absolute Gasteiger partial charge is 0.317 e. The molecule has 1 fully saturated rings. The zero-order valence-electron chi connectivity index (χ0n) is 12.6. The molecule has 0 saturated carbocycles.